The Morgan fingerprint density at radius 1 is 0.900 bits per heavy atom. The molecule has 1 saturated heterocycles. The number of aryl methyl sites for hydroxylation is 2. The lowest BCUT2D eigenvalue weighted by Gasteiger charge is -2.25. The van der Waals surface area contributed by atoms with Crippen molar-refractivity contribution in [3.8, 4) is 0 Å². The lowest BCUT2D eigenvalue weighted by Crippen LogP contribution is -2.32. The van der Waals surface area contributed by atoms with Crippen LogP contribution in [0.25, 0.3) is 0 Å². The van der Waals surface area contributed by atoms with Gasteiger partial charge in [0.2, 0.25) is 0 Å². The van der Waals surface area contributed by atoms with Crippen LogP contribution < -0.4 is 15.5 Å². The molecule has 1 heterocycles. The standard InChI is InChI=1S/C24H32N4O2/c1-5-27(6-2)23(29)21-16-20(11-12-22(21)28-13-7-8-14-28)26-24(30)25-19-10-9-17(3)18(4)15-19/h9-12,15-16H,5-8,13-14H2,1-4H3,(H2,25,26,30). The maximum absolute atomic E-state index is 13.2. The smallest absolute Gasteiger partial charge is 0.323 e. The van der Waals surface area contributed by atoms with Crippen molar-refractivity contribution in [2.45, 2.75) is 40.5 Å². The van der Waals surface area contributed by atoms with E-state index in [2.05, 4.69) is 15.5 Å². The molecule has 3 amide bonds. The average Bonchev–Trinajstić information content (AvgIpc) is 3.26. The first-order chi connectivity index (χ1) is 14.4. The average molecular weight is 409 g/mol. The number of nitrogens with zero attached hydrogens (tertiary/aromatic N) is 2. The Hall–Kier alpha value is -3.02. The van der Waals surface area contributed by atoms with E-state index in [9.17, 15) is 9.59 Å². The van der Waals surface area contributed by atoms with Gasteiger partial charge in [0.05, 0.1) is 5.56 Å². The number of urea groups is 1. The van der Waals surface area contributed by atoms with E-state index in [-0.39, 0.29) is 11.9 Å². The first kappa shape index (κ1) is 21.7. The zero-order valence-electron chi connectivity index (χ0n) is 18.4. The van der Waals surface area contributed by atoms with Gasteiger partial charge in [-0.2, -0.15) is 0 Å². The maximum atomic E-state index is 13.2. The molecule has 0 bridgehead atoms. The van der Waals surface area contributed by atoms with Crippen LogP contribution in [0.4, 0.5) is 21.9 Å². The summed E-state index contributed by atoms with van der Waals surface area (Å²) >= 11 is 0. The van der Waals surface area contributed by atoms with Crippen molar-refractivity contribution in [2.24, 2.45) is 0 Å². The fourth-order valence-electron chi connectivity index (χ4n) is 3.81. The minimum Gasteiger partial charge on any atom is -0.371 e. The lowest BCUT2D eigenvalue weighted by molar-refractivity contribution is 0.0773. The molecular formula is C24H32N4O2. The highest BCUT2D eigenvalue weighted by Gasteiger charge is 2.23. The summed E-state index contributed by atoms with van der Waals surface area (Å²) in [5.74, 6) is 0.000109. The summed E-state index contributed by atoms with van der Waals surface area (Å²) in [4.78, 5) is 29.7. The normalized spacial score (nSPS) is 13.3. The largest absolute Gasteiger partial charge is 0.371 e. The highest BCUT2D eigenvalue weighted by atomic mass is 16.2. The first-order valence-corrected chi connectivity index (χ1v) is 10.8. The zero-order chi connectivity index (χ0) is 21.7. The van der Waals surface area contributed by atoms with Crippen molar-refractivity contribution in [1.29, 1.82) is 0 Å². The number of hydrogen-bond acceptors (Lipinski definition) is 3. The molecule has 1 aliphatic rings. The van der Waals surface area contributed by atoms with Crippen LogP contribution in [0, 0.1) is 13.8 Å². The molecule has 1 fully saturated rings. The predicted molar refractivity (Wildman–Crippen MR) is 124 cm³/mol. The van der Waals surface area contributed by atoms with Gasteiger partial charge in [-0.15, -0.1) is 0 Å². The van der Waals surface area contributed by atoms with Crippen molar-refractivity contribution in [3.63, 3.8) is 0 Å². The van der Waals surface area contributed by atoms with Crippen LogP contribution in [0.1, 0.15) is 48.2 Å². The van der Waals surface area contributed by atoms with Gasteiger partial charge in [0.15, 0.2) is 0 Å². The van der Waals surface area contributed by atoms with E-state index in [1.165, 1.54) is 5.56 Å². The van der Waals surface area contributed by atoms with E-state index in [0.717, 1.165) is 42.9 Å². The third-order valence-corrected chi connectivity index (χ3v) is 5.75. The molecule has 0 radical (unpaired) electrons. The van der Waals surface area contributed by atoms with E-state index in [1.54, 1.807) is 6.07 Å². The van der Waals surface area contributed by atoms with Crippen LogP contribution in [0.3, 0.4) is 0 Å². The van der Waals surface area contributed by atoms with Gasteiger partial charge < -0.3 is 20.4 Å². The second kappa shape index (κ2) is 9.65. The van der Waals surface area contributed by atoms with Crippen LogP contribution in [-0.2, 0) is 0 Å². The molecule has 6 nitrogen and oxygen atoms in total. The summed E-state index contributed by atoms with van der Waals surface area (Å²) in [7, 11) is 0. The molecule has 1 aliphatic heterocycles. The Morgan fingerprint density at radius 2 is 1.50 bits per heavy atom. The second-order valence-electron chi connectivity index (χ2n) is 7.78. The number of anilines is 3. The molecule has 160 valence electrons. The van der Waals surface area contributed by atoms with Crippen molar-refractivity contribution < 1.29 is 9.59 Å². The SMILES string of the molecule is CCN(CC)C(=O)c1cc(NC(=O)Nc2ccc(C)c(C)c2)ccc1N1CCCC1. The summed E-state index contributed by atoms with van der Waals surface area (Å²) in [6.45, 7) is 11.2. The van der Waals surface area contributed by atoms with Gasteiger partial charge in [-0.1, -0.05) is 6.07 Å². The topological polar surface area (TPSA) is 64.7 Å². The van der Waals surface area contributed by atoms with E-state index in [4.69, 9.17) is 0 Å². The highest BCUT2D eigenvalue weighted by molar-refractivity contribution is 6.04. The van der Waals surface area contributed by atoms with Gasteiger partial charge in [0.25, 0.3) is 5.91 Å². The first-order valence-electron chi connectivity index (χ1n) is 10.8. The van der Waals surface area contributed by atoms with Crippen molar-refractivity contribution in [2.75, 3.05) is 41.7 Å². The van der Waals surface area contributed by atoms with Crippen LogP contribution in [0.15, 0.2) is 36.4 Å². The maximum Gasteiger partial charge on any atom is 0.323 e. The summed E-state index contributed by atoms with van der Waals surface area (Å²) in [6, 6.07) is 11.1. The number of carbonyl (C=O) groups is 2. The molecular weight excluding hydrogens is 376 g/mol. The van der Waals surface area contributed by atoms with E-state index >= 15 is 0 Å². The molecule has 0 atom stereocenters. The van der Waals surface area contributed by atoms with Crippen LogP contribution in [0.5, 0.6) is 0 Å². The van der Waals surface area contributed by atoms with Crippen LogP contribution >= 0.6 is 0 Å². The molecule has 0 unspecified atom stereocenters. The van der Waals surface area contributed by atoms with Gasteiger partial charge in [-0.05, 0) is 82.0 Å². The van der Waals surface area contributed by atoms with Gasteiger partial charge in [0, 0.05) is 43.2 Å². The number of carbonyl (C=O) groups excluding carboxylic acids is 2. The molecule has 0 spiro atoms. The van der Waals surface area contributed by atoms with Crippen LogP contribution in [-0.4, -0.2) is 43.0 Å². The molecule has 30 heavy (non-hydrogen) atoms. The summed E-state index contributed by atoms with van der Waals surface area (Å²) in [6.07, 6.45) is 2.27. The predicted octanol–water partition coefficient (Wildman–Crippen LogP) is 5.03. The monoisotopic (exact) mass is 408 g/mol. The molecule has 3 rings (SSSR count). The zero-order valence-corrected chi connectivity index (χ0v) is 18.4. The Bertz CT molecular complexity index is 915. The number of benzene rings is 2. The summed E-state index contributed by atoms with van der Waals surface area (Å²) in [5, 5.41) is 5.74. The van der Waals surface area contributed by atoms with E-state index < -0.39 is 0 Å². The quantitative estimate of drug-likeness (QED) is 0.705. The molecule has 0 aliphatic carbocycles. The summed E-state index contributed by atoms with van der Waals surface area (Å²) in [5.41, 5.74) is 5.24. The molecule has 6 heteroatoms. The Balaban J connectivity index is 1.82. The molecule has 2 N–H and O–H groups in total. The Morgan fingerprint density at radius 3 is 2.10 bits per heavy atom. The Labute approximate surface area is 179 Å². The number of hydrogen-bond donors (Lipinski definition) is 2. The fraction of sp³-hybridized carbons (Fsp3) is 0.417. The Kier molecular flexibility index (Phi) is 6.98. The van der Waals surface area contributed by atoms with Gasteiger partial charge in [0.1, 0.15) is 0 Å². The molecule has 0 aromatic heterocycles. The van der Waals surface area contributed by atoms with Gasteiger partial charge in [-0.25, -0.2) is 4.79 Å². The third-order valence-electron chi connectivity index (χ3n) is 5.75. The number of amides is 3. The minimum atomic E-state index is -0.326. The highest BCUT2D eigenvalue weighted by Crippen LogP contribution is 2.29. The van der Waals surface area contributed by atoms with Gasteiger partial charge in [-0.3, -0.25) is 4.79 Å². The second-order valence-corrected chi connectivity index (χ2v) is 7.78. The summed E-state index contributed by atoms with van der Waals surface area (Å²) < 4.78 is 0. The van der Waals surface area contributed by atoms with E-state index in [0.29, 0.717) is 24.3 Å². The van der Waals surface area contributed by atoms with Crippen LogP contribution in [0.2, 0.25) is 0 Å². The fourth-order valence-corrected chi connectivity index (χ4v) is 3.81. The molecule has 2 aromatic rings. The van der Waals surface area contributed by atoms with Gasteiger partial charge >= 0.3 is 6.03 Å². The third kappa shape index (κ3) is 4.93. The number of nitrogens with one attached hydrogen (secondary N) is 2. The van der Waals surface area contributed by atoms with E-state index in [1.807, 2.05) is 62.9 Å². The van der Waals surface area contributed by atoms with Crippen molar-refractivity contribution >= 4 is 29.0 Å². The molecule has 2 aromatic carbocycles. The minimum absolute atomic E-state index is 0.000109. The number of rotatable bonds is 6. The van der Waals surface area contributed by atoms with Crippen molar-refractivity contribution in [1.82, 2.24) is 4.90 Å². The van der Waals surface area contributed by atoms with Crippen molar-refractivity contribution in [3.05, 3.63) is 53.1 Å². The lowest BCUT2D eigenvalue weighted by atomic mass is 10.1. The molecule has 0 saturated carbocycles.